The highest BCUT2D eigenvalue weighted by Gasteiger charge is 2.29. The molecule has 0 spiro atoms. The van der Waals surface area contributed by atoms with E-state index in [1.54, 1.807) is 19.3 Å². The lowest BCUT2D eigenvalue weighted by Gasteiger charge is -2.05. The summed E-state index contributed by atoms with van der Waals surface area (Å²) in [6.45, 7) is 0.445. The maximum Gasteiger partial charge on any atom is 0.416 e. The Hall–Kier alpha value is -1.29. The van der Waals surface area contributed by atoms with Gasteiger partial charge in [-0.25, -0.2) is 0 Å². The number of ether oxygens (including phenoxy) is 1. The van der Waals surface area contributed by atoms with E-state index in [0.29, 0.717) is 6.61 Å². The predicted octanol–water partition coefficient (Wildman–Crippen LogP) is 3.37. The van der Waals surface area contributed by atoms with Crippen LogP contribution in [-0.2, 0) is 10.9 Å². The lowest BCUT2D eigenvalue weighted by molar-refractivity contribution is -0.137. The van der Waals surface area contributed by atoms with Crippen molar-refractivity contribution in [1.82, 2.24) is 0 Å². The topological polar surface area (TPSA) is 9.23 Å². The van der Waals surface area contributed by atoms with Gasteiger partial charge in [-0.3, -0.25) is 0 Å². The molecule has 0 atom stereocenters. The minimum atomic E-state index is -4.27. The smallest absolute Gasteiger partial charge is 0.381 e. The quantitative estimate of drug-likeness (QED) is 0.752. The molecule has 82 valence electrons. The molecule has 0 saturated carbocycles. The van der Waals surface area contributed by atoms with Crippen molar-refractivity contribution in [2.24, 2.45) is 0 Å². The second kappa shape index (κ2) is 4.98. The highest BCUT2D eigenvalue weighted by molar-refractivity contribution is 5.49. The molecule has 0 fully saturated rings. The first-order valence-electron chi connectivity index (χ1n) is 4.37. The zero-order valence-electron chi connectivity index (χ0n) is 8.21. The van der Waals surface area contributed by atoms with Crippen LogP contribution in [0.4, 0.5) is 13.2 Å². The number of hydrogen-bond donors (Lipinski definition) is 0. The molecule has 1 rings (SSSR count). The first-order valence-corrected chi connectivity index (χ1v) is 4.37. The number of rotatable bonds is 3. The van der Waals surface area contributed by atoms with Crippen molar-refractivity contribution in [1.29, 1.82) is 0 Å². The van der Waals surface area contributed by atoms with Crippen LogP contribution < -0.4 is 0 Å². The van der Waals surface area contributed by atoms with Gasteiger partial charge in [-0.2, -0.15) is 13.2 Å². The van der Waals surface area contributed by atoms with Crippen molar-refractivity contribution in [2.45, 2.75) is 6.18 Å². The minimum Gasteiger partial charge on any atom is -0.381 e. The summed E-state index contributed by atoms with van der Waals surface area (Å²) in [5.41, 5.74) is 0.0893. The molecule has 0 N–H and O–H groups in total. The Morgan fingerprint density at radius 1 is 1.20 bits per heavy atom. The Kier molecular flexibility index (Phi) is 3.91. The van der Waals surface area contributed by atoms with Crippen LogP contribution >= 0.6 is 0 Å². The first kappa shape index (κ1) is 11.8. The molecule has 0 amide bonds. The summed E-state index contributed by atoms with van der Waals surface area (Å²) in [7, 11) is 1.55. The molecule has 1 aromatic carbocycles. The molecule has 0 bridgehead atoms. The number of alkyl halides is 3. The molecule has 1 nitrogen and oxygen atoms in total. The number of halogens is 3. The highest BCUT2D eigenvalue weighted by Crippen LogP contribution is 2.29. The molecule has 0 heterocycles. The van der Waals surface area contributed by atoms with E-state index in [-0.39, 0.29) is 0 Å². The molecule has 4 heteroatoms. The standard InChI is InChI=1S/C11H11F3O/c1-15-8-2-3-9-4-6-10(7-5-9)11(12,13)14/h2-7H,8H2,1H3. The summed E-state index contributed by atoms with van der Waals surface area (Å²) in [5, 5.41) is 0. The zero-order chi connectivity index (χ0) is 11.3. The maximum absolute atomic E-state index is 12.2. The maximum atomic E-state index is 12.2. The summed E-state index contributed by atoms with van der Waals surface area (Å²) in [6.07, 6.45) is -0.818. The average molecular weight is 216 g/mol. The normalized spacial score (nSPS) is 12.3. The summed E-state index contributed by atoms with van der Waals surface area (Å²) in [4.78, 5) is 0. The molecule has 0 aromatic heterocycles. The van der Waals surface area contributed by atoms with E-state index in [2.05, 4.69) is 0 Å². The predicted molar refractivity (Wildman–Crippen MR) is 52.4 cm³/mol. The van der Waals surface area contributed by atoms with Crippen LogP contribution in [0.25, 0.3) is 6.08 Å². The van der Waals surface area contributed by atoms with Crippen LogP contribution in [0.2, 0.25) is 0 Å². The Morgan fingerprint density at radius 3 is 2.27 bits per heavy atom. The fourth-order valence-electron chi connectivity index (χ4n) is 1.06. The molecular weight excluding hydrogens is 205 g/mol. The Bertz CT molecular complexity index is 325. The van der Waals surface area contributed by atoms with Gasteiger partial charge in [-0.05, 0) is 17.7 Å². The van der Waals surface area contributed by atoms with Crippen molar-refractivity contribution >= 4 is 6.08 Å². The second-order valence-electron chi connectivity index (χ2n) is 2.98. The Balaban J connectivity index is 2.73. The van der Waals surface area contributed by atoms with E-state index in [1.165, 1.54) is 12.1 Å². The van der Waals surface area contributed by atoms with Crippen molar-refractivity contribution < 1.29 is 17.9 Å². The number of hydrogen-bond acceptors (Lipinski definition) is 1. The van der Waals surface area contributed by atoms with Gasteiger partial charge in [0.1, 0.15) is 0 Å². The van der Waals surface area contributed by atoms with Gasteiger partial charge in [0, 0.05) is 7.11 Å². The monoisotopic (exact) mass is 216 g/mol. The largest absolute Gasteiger partial charge is 0.416 e. The SMILES string of the molecule is COCC=Cc1ccc(C(F)(F)F)cc1. The zero-order valence-corrected chi connectivity index (χ0v) is 8.21. The van der Waals surface area contributed by atoms with Gasteiger partial charge >= 0.3 is 6.18 Å². The molecule has 0 aliphatic heterocycles. The Labute approximate surface area is 86.2 Å². The van der Waals surface area contributed by atoms with Crippen LogP contribution in [0.5, 0.6) is 0 Å². The van der Waals surface area contributed by atoms with Crippen LogP contribution in [0.15, 0.2) is 30.3 Å². The first-order chi connectivity index (χ1) is 7.04. The fraction of sp³-hybridized carbons (Fsp3) is 0.273. The van der Waals surface area contributed by atoms with E-state index in [9.17, 15) is 13.2 Å². The van der Waals surface area contributed by atoms with Crippen LogP contribution in [0.1, 0.15) is 11.1 Å². The number of benzene rings is 1. The van der Waals surface area contributed by atoms with Gasteiger partial charge in [-0.15, -0.1) is 0 Å². The van der Waals surface area contributed by atoms with Crippen molar-refractivity contribution in [3.05, 3.63) is 41.5 Å². The third-order valence-corrected chi connectivity index (χ3v) is 1.81. The molecular formula is C11H11F3O. The van der Waals surface area contributed by atoms with E-state index >= 15 is 0 Å². The third-order valence-electron chi connectivity index (χ3n) is 1.81. The van der Waals surface area contributed by atoms with Gasteiger partial charge in [-0.1, -0.05) is 24.3 Å². The number of methoxy groups -OCH3 is 1. The summed E-state index contributed by atoms with van der Waals surface area (Å²) < 4.78 is 41.3. The molecule has 0 radical (unpaired) electrons. The van der Waals surface area contributed by atoms with Crippen LogP contribution in [0, 0.1) is 0 Å². The highest BCUT2D eigenvalue weighted by atomic mass is 19.4. The van der Waals surface area contributed by atoms with E-state index in [1.807, 2.05) is 0 Å². The molecule has 0 saturated heterocycles. The van der Waals surface area contributed by atoms with Crippen molar-refractivity contribution in [2.75, 3.05) is 13.7 Å². The van der Waals surface area contributed by atoms with Gasteiger partial charge in [0.25, 0.3) is 0 Å². The van der Waals surface area contributed by atoms with E-state index < -0.39 is 11.7 Å². The van der Waals surface area contributed by atoms with Crippen molar-refractivity contribution in [3.63, 3.8) is 0 Å². The summed E-state index contributed by atoms with van der Waals surface area (Å²) >= 11 is 0. The van der Waals surface area contributed by atoms with Crippen molar-refractivity contribution in [3.8, 4) is 0 Å². The minimum absolute atomic E-state index is 0.445. The Morgan fingerprint density at radius 2 is 1.80 bits per heavy atom. The third kappa shape index (κ3) is 3.75. The lowest BCUT2D eigenvalue weighted by atomic mass is 10.1. The van der Waals surface area contributed by atoms with Gasteiger partial charge in [0.05, 0.1) is 12.2 Å². The summed E-state index contributed by atoms with van der Waals surface area (Å²) in [6, 6.07) is 4.98. The molecule has 0 aliphatic carbocycles. The van der Waals surface area contributed by atoms with E-state index in [0.717, 1.165) is 17.7 Å². The fourth-order valence-corrected chi connectivity index (χ4v) is 1.06. The van der Waals surface area contributed by atoms with Crippen LogP contribution in [0.3, 0.4) is 0 Å². The van der Waals surface area contributed by atoms with Gasteiger partial charge in [0.15, 0.2) is 0 Å². The lowest BCUT2D eigenvalue weighted by Crippen LogP contribution is -2.03. The summed E-state index contributed by atoms with van der Waals surface area (Å²) in [5.74, 6) is 0. The molecule has 15 heavy (non-hydrogen) atoms. The molecule has 0 aliphatic rings. The second-order valence-corrected chi connectivity index (χ2v) is 2.98. The van der Waals surface area contributed by atoms with E-state index in [4.69, 9.17) is 4.74 Å². The van der Waals surface area contributed by atoms with Crippen LogP contribution in [-0.4, -0.2) is 13.7 Å². The molecule has 0 unspecified atom stereocenters. The van der Waals surface area contributed by atoms with Gasteiger partial charge in [0.2, 0.25) is 0 Å². The molecule has 1 aromatic rings. The van der Waals surface area contributed by atoms with Gasteiger partial charge < -0.3 is 4.74 Å². The average Bonchev–Trinajstić information content (AvgIpc) is 2.18.